The van der Waals surface area contributed by atoms with Crippen molar-refractivity contribution in [2.24, 2.45) is 0 Å². The summed E-state index contributed by atoms with van der Waals surface area (Å²) in [6, 6.07) is 16.7. The van der Waals surface area contributed by atoms with Gasteiger partial charge in [-0.1, -0.05) is 18.2 Å². The molecule has 7 heteroatoms. The molecule has 2 aromatic heterocycles. The van der Waals surface area contributed by atoms with Gasteiger partial charge in [0.15, 0.2) is 0 Å². The molecule has 1 aromatic carbocycles. The van der Waals surface area contributed by atoms with Crippen molar-refractivity contribution < 1.29 is 9.53 Å². The van der Waals surface area contributed by atoms with Crippen LogP contribution in [0.5, 0.6) is 5.75 Å². The fraction of sp³-hybridized carbons (Fsp3) is 0.261. The second-order valence-corrected chi connectivity index (χ2v) is 7.25. The van der Waals surface area contributed by atoms with Crippen molar-refractivity contribution in [2.45, 2.75) is 6.61 Å². The number of likely N-dealkylation sites (N-methyl/N-ethyl adjacent to an activating group) is 1. The fourth-order valence-corrected chi connectivity index (χ4v) is 3.29. The monoisotopic (exact) mass is 403 g/mol. The number of benzene rings is 1. The lowest BCUT2D eigenvalue weighted by molar-refractivity contribution is 0.102. The third-order valence-corrected chi connectivity index (χ3v) is 5.07. The Balaban J connectivity index is 1.44. The van der Waals surface area contributed by atoms with E-state index >= 15 is 0 Å². The van der Waals surface area contributed by atoms with Crippen LogP contribution in [-0.2, 0) is 6.61 Å². The molecule has 0 radical (unpaired) electrons. The molecule has 3 heterocycles. The third kappa shape index (κ3) is 4.93. The molecule has 0 spiro atoms. The minimum Gasteiger partial charge on any atom is -0.485 e. The molecule has 0 aliphatic carbocycles. The summed E-state index contributed by atoms with van der Waals surface area (Å²) in [6.45, 7) is 4.10. The van der Waals surface area contributed by atoms with Crippen molar-refractivity contribution in [3.05, 3.63) is 78.2 Å². The molecule has 1 saturated heterocycles. The lowest BCUT2D eigenvalue weighted by Gasteiger charge is -2.33. The number of nitrogens with one attached hydrogen (secondary N) is 1. The van der Waals surface area contributed by atoms with Crippen LogP contribution in [-0.4, -0.2) is 54.0 Å². The van der Waals surface area contributed by atoms with E-state index in [-0.39, 0.29) is 5.91 Å². The molecule has 1 aliphatic rings. The van der Waals surface area contributed by atoms with Crippen LogP contribution in [0, 0.1) is 0 Å². The lowest BCUT2D eigenvalue weighted by atomic mass is 10.2. The van der Waals surface area contributed by atoms with Crippen molar-refractivity contribution in [1.82, 2.24) is 14.9 Å². The predicted octanol–water partition coefficient (Wildman–Crippen LogP) is 3.06. The number of anilines is 2. The van der Waals surface area contributed by atoms with E-state index in [9.17, 15) is 4.79 Å². The number of pyridine rings is 2. The second-order valence-electron chi connectivity index (χ2n) is 7.25. The van der Waals surface area contributed by atoms with Gasteiger partial charge in [0.05, 0.1) is 11.4 Å². The normalized spacial score (nSPS) is 14.4. The van der Waals surface area contributed by atoms with Crippen LogP contribution in [0.2, 0.25) is 0 Å². The Morgan fingerprint density at radius 2 is 1.80 bits per heavy atom. The zero-order chi connectivity index (χ0) is 20.8. The van der Waals surface area contributed by atoms with Crippen molar-refractivity contribution >= 4 is 17.4 Å². The summed E-state index contributed by atoms with van der Waals surface area (Å²) in [5.41, 5.74) is 2.01. The first-order valence-electron chi connectivity index (χ1n) is 10.0. The highest BCUT2D eigenvalue weighted by Gasteiger charge is 2.17. The Morgan fingerprint density at radius 3 is 2.60 bits per heavy atom. The summed E-state index contributed by atoms with van der Waals surface area (Å²) in [7, 11) is 2.11. The first-order chi connectivity index (χ1) is 14.7. The van der Waals surface area contributed by atoms with E-state index in [0.717, 1.165) is 37.7 Å². The van der Waals surface area contributed by atoms with Gasteiger partial charge in [0, 0.05) is 44.1 Å². The smallest absolute Gasteiger partial charge is 0.255 e. The minimum absolute atomic E-state index is 0.193. The Morgan fingerprint density at radius 1 is 1.00 bits per heavy atom. The number of hydrogen-bond donors (Lipinski definition) is 1. The van der Waals surface area contributed by atoms with Gasteiger partial charge in [-0.05, 0) is 43.4 Å². The molecule has 7 nitrogen and oxygen atoms in total. The minimum atomic E-state index is -0.193. The summed E-state index contributed by atoms with van der Waals surface area (Å²) < 4.78 is 5.89. The van der Waals surface area contributed by atoms with E-state index < -0.39 is 0 Å². The highest BCUT2D eigenvalue weighted by atomic mass is 16.5. The Bertz CT molecular complexity index is 988. The number of rotatable bonds is 6. The van der Waals surface area contributed by atoms with Gasteiger partial charge in [-0.3, -0.25) is 9.78 Å². The average Bonchev–Trinajstić information content (AvgIpc) is 2.80. The SMILES string of the molecule is CN1CCN(c2cc(C(=O)Nc3ccccc3OCc3ccccn3)ccn2)CC1. The molecular formula is C23H25N5O2. The number of hydrogen-bond acceptors (Lipinski definition) is 6. The van der Waals surface area contributed by atoms with Crippen LogP contribution in [0.25, 0.3) is 0 Å². The number of nitrogens with zero attached hydrogens (tertiary/aromatic N) is 4. The van der Waals surface area contributed by atoms with Crippen molar-refractivity contribution in [1.29, 1.82) is 0 Å². The van der Waals surface area contributed by atoms with Crippen molar-refractivity contribution in [2.75, 3.05) is 43.4 Å². The molecule has 0 unspecified atom stereocenters. The first-order valence-corrected chi connectivity index (χ1v) is 10.0. The van der Waals surface area contributed by atoms with Gasteiger partial charge in [-0.15, -0.1) is 0 Å². The number of ether oxygens (including phenoxy) is 1. The van der Waals surface area contributed by atoms with Gasteiger partial charge < -0.3 is 19.9 Å². The summed E-state index contributed by atoms with van der Waals surface area (Å²) in [5, 5.41) is 2.96. The van der Waals surface area contributed by atoms with E-state index in [0.29, 0.717) is 23.6 Å². The van der Waals surface area contributed by atoms with Crippen LogP contribution in [0.3, 0.4) is 0 Å². The molecule has 1 N–H and O–H groups in total. The molecule has 0 atom stereocenters. The van der Waals surface area contributed by atoms with Crippen molar-refractivity contribution in [3.8, 4) is 5.75 Å². The standard InChI is InChI=1S/C23H25N5O2/c1-27-12-14-28(15-13-27)22-16-18(9-11-25-22)23(29)26-20-7-2-3-8-21(20)30-17-19-6-4-5-10-24-19/h2-11,16H,12-15,17H2,1H3,(H,26,29). The average molecular weight is 403 g/mol. The molecule has 4 rings (SSSR count). The second kappa shape index (κ2) is 9.37. The predicted molar refractivity (Wildman–Crippen MR) is 117 cm³/mol. The van der Waals surface area contributed by atoms with E-state index in [4.69, 9.17) is 4.74 Å². The zero-order valence-electron chi connectivity index (χ0n) is 17.0. The number of carbonyl (C=O) groups excluding carboxylic acids is 1. The van der Waals surface area contributed by atoms with Crippen LogP contribution in [0.4, 0.5) is 11.5 Å². The summed E-state index contributed by atoms with van der Waals surface area (Å²) in [5.74, 6) is 1.24. The van der Waals surface area contributed by atoms with Gasteiger partial charge in [-0.2, -0.15) is 0 Å². The third-order valence-electron chi connectivity index (χ3n) is 5.07. The highest BCUT2D eigenvalue weighted by Crippen LogP contribution is 2.25. The molecule has 1 amide bonds. The maximum absolute atomic E-state index is 12.9. The number of piperazine rings is 1. The molecule has 154 valence electrons. The molecule has 1 fully saturated rings. The molecule has 0 saturated carbocycles. The molecule has 1 aliphatic heterocycles. The largest absolute Gasteiger partial charge is 0.485 e. The van der Waals surface area contributed by atoms with Crippen molar-refractivity contribution in [3.63, 3.8) is 0 Å². The van der Waals surface area contributed by atoms with E-state index in [1.54, 1.807) is 18.5 Å². The summed E-state index contributed by atoms with van der Waals surface area (Å²) >= 11 is 0. The maximum Gasteiger partial charge on any atom is 0.255 e. The Kier molecular flexibility index (Phi) is 6.20. The summed E-state index contributed by atoms with van der Waals surface area (Å²) in [6.07, 6.45) is 3.42. The Labute approximate surface area is 176 Å². The fourth-order valence-electron chi connectivity index (χ4n) is 3.29. The van der Waals surface area contributed by atoms with Gasteiger partial charge in [-0.25, -0.2) is 4.98 Å². The topological polar surface area (TPSA) is 70.6 Å². The van der Waals surface area contributed by atoms with Gasteiger partial charge in [0.1, 0.15) is 18.2 Å². The van der Waals surface area contributed by atoms with Gasteiger partial charge >= 0.3 is 0 Å². The Hall–Kier alpha value is -3.45. The van der Waals surface area contributed by atoms with Gasteiger partial charge in [0.2, 0.25) is 0 Å². The maximum atomic E-state index is 12.9. The molecule has 30 heavy (non-hydrogen) atoms. The quantitative estimate of drug-likeness (QED) is 0.682. The number of amides is 1. The van der Waals surface area contributed by atoms with Crippen LogP contribution in [0.1, 0.15) is 16.1 Å². The number of carbonyl (C=O) groups is 1. The van der Waals surface area contributed by atoms with Crippen LogP contribution >= 0.6 is 0 Å². The highest BCUT2D eigenvalue weighted by molar-refractivity contribution is 6.05. The molecular weight excluding hydrogens is 378 g/mol. The van der Waals surface area contributed by atoms with Crippen LogP contribution < -0.4 is 15.0 Å². The van der Waals surface area contributed by atoms with Gasteiger partial charge in [0.25, 0.3) is 5.91 Å². The number of para-hydroxylation sites is 2. The molecule has 0 bridgehead atoms. The van der Waals surface area contributed by atoms with E-state index in [1.807, 2.05) is 48.5 Å². The molecule has 3 aromatic rings. The van der Waals surface area contributed by atoms with E-state index in [2.05, 4.69) is 32.1 Å². The number of aromatic nitrogens is 2. The lowest BCUT2D eigenvalue weighted by Crippen LogP contribution is -2.44. The van der Waals surface area contributed by atoms with Crippen LogP contribution in [0.15, 0.2) is 67.0 Å². The zero-order valence-corrected chi connectivity index (χ0v) is 17.0. The first kappa shape index (κ1) is 19.8. The van der Waals surface area contributed by atoms with E-state index in [1.165, 1.54) is 0 Å². The summed E-state index contributed by atoms with van der Waals surface area (Å²) in [4.78, 5) is 26.1.